The fourth-order valence-corrected chi connectivity index (χ4v) is 4.86. The lowest BCUT2D eigenvalue weighted by atomic mass is 10.0. The summed E-state index contributed by atoms with van der Waals surface area (Å²) < 4.78 is 0. The van der Waals surface area contributed by atoms with Crippen LogP contribution in [0.25, 0.3) is 33.1 Å². The molecule has 0 spiro atoms. The summed E-state index contributed by atoms with van der Waals surface area (Å²) in [6.45, 7) is 0. The number of aromatic nitrogens is 4. The van der Waals surface area contributed by atoms with Gasteiger partial charge in [-0.2, -0.15) is 0 Å². The van der Waals surface area contributed by atoms with Gasteiger partial charge in [0.25, 0.3) is 0 Å². The van der Waals surface area contributed by atoms with Crippen molar-refractivity contribution in [2.45, 2.75) is 9.79 Å². The highest BCUT2D eigenvalue weighted by molar-refractivity contribution is 7.99. The molecular weight excluding hydrogens is 454 g/mol. The molecule has 168 valence electrons. The van der Waals surface area contributed by atoms with Crippen molar-refractivity contribution >= 4 is 45.1 Å². The van der Waals surface area contributed by atoms with E-state index in [1.54, 1.807) is 24.0 Å². The number of hydrogen-bond donors (Lipinski definition) is 2. The van der Waals surface area contributed by atoms with Gasteiger partial charge < -0.3 is 10.4 Å². The topological polar surface area (TPSA) is 83.8 Å². The van der Waals surface area contributed by atoms with Gasteiger partial charge in [-0.05, 0) is 30.3 Å². The van der Waals surface area contributed by atoms with E-state index in [2.05, 4.69) is 37.6 Å². The molecule has 6 rings (SSSR count). The quantitative estimate of drug-likeness (QED) is 0.283. The van der Waals surface area contributed by atoms with E-state index < -0.39 is 0 Å². The van der Waals surface area contributed by atoms with Crippen LogP contribution in [-0.4, -0.2) is 25.3 Å². The van der Waals surface area contributed by atoms with Crippen molar-refractivity contribution < 1.29 is 5.11 Å². The highest BCUT2D eigenvalue weighted by Gasteiger charge is 2.11. The molecule has 0 atom stereocenters. The van der Waals surface area contributed by atoms with Crippen LogP contribution in [0.1, 0.15) is 0 Å². The van der Waals surface area contributed by atoms with Gasteiger partial charge in [-0.1, -0.05) is 66.4 Å². The largest absolute Gasteiger partial charge is 0.506 e. The molecule has 6 nitrogen and oxygen atoms in total. The zero-order chi connectivity index (χ0) is 23.6. The summed E-state index contributed by atoms with van der Waals surface area (Å²) in [4.78, 5) is 10.7. The maximum Gasteiger partial charge on any atom is 0.161 e. The number of hydrogen-bond acceptors (Lipinski definition) is 7. The Balaban J connectivity index is 1.27. The van der Waals surface area contributed by atoms with Crippen LogP contribution in [0.2, 0.25) is 0 Å². The Morgan fingerprint density at radius 2 is 1.51 bits per heavy atom. The molecule has 0 aliphatic carbocycles. The van der Waals surface area contributed by atoms with Crippen LogP contribution >= 0.6 is 11.8 Å². The van der Waals surface area contributed by atoms with E-state index in [-0.39, 0.29) is 5.75 Å². The molecule has 0 radical (unpaired) electrons. The second-order valence-electron chi connectivity index (χ2n) is 7.93. The van der Waals surface area contributed by atoms with E-state index in [9.17, 15) is 5.11 Å². The third kappa shape index (κ3) is 4.25. The Morgan fingerprint density at radius 1 is 0.743 bits per heavy atom. The maximum absolute atomic E-state index is 9.68. The summed E-state index contributed by atoms with van der Waals surface area (Å²) in [5.74, 6) is 0.819. The Kier molecular flexibility index (Phi) is 5.44. The van der Waals surface area contributed by atoms with Gasteiger partial charge in [-0.3, -0.25) is 4.98 Å². The summed E-state index contributed by atoms with van der Waals surface area (Å²) in [5.41, 5.74) is 4.25. The predicted octanol–water partition coefficient (Wildman–Crippen LogP) is 6.84. The fourth-order valence-electron chi connectivity index (χ4n) is 3.95. The normalized spacial score (nSPS) is 11.1. The molecule has 0 amide bonds. The van der Waals surface area contributed by atoms with Crippen molar-refractivity contribution in [3.63, 3.8) is 0 Å². The summed E-state index contributed by atoms with van der Waals surface area (Å²) >= 11 is 1.60. The van der Waals surface area contributed by atoms with E-state index in [1.165, 1.54) is 6.20 Å². The number of rotatable bonds is 5. The molecule has 7 heteroatoms. The first-order valence-electron chi connectivity index (χ1n) is 11.0. The lowest BCUT2D eigenvalue weighted by Crippen LogP contribution is -1.99. The molecule has 3 aromatic heterocycles. The van der Waals surface area contributed by atoms with Gasteiger partial charge in [-0.15, -0.1) is 10.2 Å². The Bertz CT molecular complexity index is 1660. The molecule has 6 aromatic rings. The Labute approximate surface area is 205 Å². The third-order valence-corrected chi connectivity index (χ3v) is 6.66. The Hall–Kier alpha value is -4.49. The molecule has 3 aromatic carbocycles. The van der Waals surface area contributed by atoms with Crippen molar-refractivity contribution in [1.82, 2.24) is 20.2 Å². The first-order chi connectivity index (χ1) is 17.2. The lowest BCUT2D eigenvalue weighted by Gasteiger charge is -2.12. The van der Waals surface area contributed by atoms with Gasteiger partial charge in [0.2, 0.25) is 0 Å². The SMILES string of the molecule is Oc1cnc2c(Sc3ccc(Nc4nnc(-c5ccccc5)c5ccccc45)cc3)ccnc2c1. The molecule has 3 heterocycles. The monoisotopic (exact) mass is 473 g/mol. The highest BCUT2D eigenvalue weighted by Crippen LogP contribution is 2.34. The molecule has 0 aliphatic rings. The van der Waals surface area contributed by atoms with Gasteiger partial charge in [-0.25, -0.2) is 4.98 Å². The van der Waals surface area contributed by atoms with Gasteiger partial charge >= 0.3 is 0 Å². The predicted molar refractivity (Wildman–Crippen MR) is 140 cm³/mol. The summed E-state index contributed by atoms with van der Waals surface area (Å²) in [5, 5.41) is 24.2. The van der Waals surface area contributed by atoms with Gasteiger partial charge in [0.05, 0.1) is 11.7 Å². The number of nitrogens with one attached hydrogen (secondary N) is 1. The molecule has 0 saturated carbocycles. The summed E-state index contributed by atoms with van der Waals surface area (Å²) in [6, 6.07) is 29.9. The number of aromatic hydroxyl groups is 1. The highest BCUT2D eigenvalue weighted by atomic mass is 32.2. The van der Waals surface area contributed by atoms with Gasteiger partial charge in [0.15, 0.2) is 5.82 Å². The molecule has 35 heavy (non-hydrogen) atoms. The maximum atomic E-state index is 9.68. The minimum atomic E-state index is 0.106. The zero-order valence-corrected chi connectivity index (χ0v) is 19.3. The van der Waals surface area contributed by atoms with Crippen LogP contribution in [0.15, 0.2) is 113 Å². The number of benzene rings is 3. The van der Waals surface area contributed by atoms with Crippen LogP contribution < -0.4 is 5.32 Å². The van der Waals surface area contributed by atoms with Crippen LogP contribution in [-0.2, 0) is 0 Å². The summed E-state index contributed by atoms with van der Waals surface area (Å²) in [7, 11) is 0. The van der Waals surface area contributed by atoms with Crippen LogP contribution in [0, 0.1) is 0 Å². The number of fused-ring (bicyclic) bond motifs is 2. The molecule has 0 aliphatic heterocycles. The zero-order valence-electron chi connectivity index (χ0n) is 18.5. The average Bonchev–Trinajstić information content (AvgIpc) is 2.90. The fraction of sp³-hybridized carbons (Fsp3) is 0. The summed E-state index contributed by atoms with van der Waals surface area (Å²) in [6.07, 6.45) is 3.17. The third-order valence-electron chi connectivity index (χ3n) is 5.61. The second-order valence-corrected chi connectivity index (χ2v) is 9.05. The smallest absolute Gasteiger partial charge is 0.161 e. The van der Waals surface area contributed by atoms with E-state index in [4.69, 9.17) is 0 Å². The lowest BCUT2D eigenvalue weighted by molar-refractivity contribution is 0.473. The molecule has 0 bridgehead atoms. The first kappa shape index (κ1) is 21.1. The minimum Gasteiger partial charge on any atom is -0.506 e. The molecular formula is C28H19N5OS. The van der Waals surface area contributed by atoms with E-state index in [1.807, 2.05) is 72.8 Å². The first-order valence-corrected chi connectivity index (χ1v) is 11.9. The average molecular weight is 474 g/mol. The molecule has 0 fully saturated rings. The van der Waals surface area contributed by atoms with Gasteiger partial charge in [0.1, 0.15) is 17.0 Å². The van der Waals surface area contributed by atoms with Crippen molar-refractivity contribution in [2.24, 2.45) is 0 Å². The number of nitrogens with zero attached hydrogens (tertiary/aromatic N) is 4. The molecule has 0 saturated heterocycles. The van der Waals surface area contributed by atoms with E-state index in [0.717, 1.165) is 43.0 Å². The number of anilines is 2. The van der Waals surface area contributed by atoms with Crippen LogP contribution in [0.5, 0.6) is 5.75 Å². The van der Waals surface area contributed by atoms with Gasteiger partial charge in [0, 0.05) is 44.1 Å². The Morgan fingerprint density at radius 3 is 2.34 bits per heavy atom. The van der Waals surface area contributed by atoms with E-state index >= 15 is 0 Å². The minimum absolute atomic E-state index is 0.106. The van der Waals surface area contributed by atoms with Crippen molar-refractivity contribution in [2.75, 3.05) is 5.32 Å². The standard InChI is InChI=1S/C28H19N5OS/c34-20-16-24-27(30-17-20)25(14-15-29-24)35-21-12-10-19(11-13-21)31-28-23-9-5-4-8-22(23)26(32-33-28)18-6-2-1-3-7-18/h1-17,34H,(H,31,33). The van der Waals surface area contributed by atoms with Crippen molar-refractivity contribution in [3.05, 3.63) is 103 Å². The second kappa shape index (κ2) is 9.04. The van der Waals surface area contributed by atoms with Crippen molar-refractivity contribution in [3.8, 4) is 17.0 Å². The molecule has 2 N–H and O–H groups in total. The van der Waals surface area contributed by atoms with Crippen molar-refractivity contribution in [1.29, 1.82) is 0 Å². The number of pyridine rings is 2. The van der Waals surface area contributed by atoms with Crippen LogP contribution in [0.4, 0.5) is 11.5 Å². The molecule has 0 unspecified atom stereocenters. The van der Waals surface area contributed by atoms with E-state index in [0.29, 0.717) is 11.3 Å². The van der Waals surface area contributed by atoms with Crippen LogP contribution in [0.3, 0.4) is 0 Å².